The first-order valence-electron chi connectivity index (χ1n) is 8.78. The summed E-state index contributed by atoms with van der Waals surface area (Å²) in [5, 5.41) is 8.94. The summed E-state index contributed by atoms with van der Waals surface area (Å²) in [4.78, 5) is 24.1. The molecular formula is C20H22ClN3O3S. The van der Waals surface area contributed by atoms with Crippen LogP contribution in [0.2, 0.25) is 5.02 Å². The van der Waals surface area contributed by atoms with Gasteiger partial charge in [0.05, 0.1) is 12.8 Å². The van der Waals surface area contributed by atoms with E-state index in [1.165, 1.54) is 7.11 Å². The molecule has 6 nitrogen and oxygen atoms in total. The topological polar surface area (TPSA) is 79.5 Å². The maximum atomic E-state index is 12.2. The van der Waals surface area contributed by atoms with Gasteiger partial charge in [-0.2, -0.15) is 0 Å². The molecule has 2 aromatic carbocycles. The van der Waals surface area contributed by atoms with Gasteiger partial charge in [0.1, 0.15) is 5.75 Å². The number of methoxy groups -OCH3 is 1. The Kier molecular flexibility index (Phi) is 8.22. The van der Waals surface area contributed by atoms with Crippen molar-refractivity contribution in [2.45, 2.75) is 26.2 Å². The van der Waals surface area contributed by atoms with Gasteiger partial charge in [-0.1, -0.05) is 31.0 Å². The van der Waals surface area contributed by atoms with Gasteiger partial charge in [-0.15, -0.1) is 0 Å². The molecule has 2 amide bonds. The zero-order valence-electron chi connectivity index (χ0n) is 15.7. The molecular weight excluding hydrogens is 398 g/mol. The Morgan fingerprint density at radius 3 is 2.61 bits per heavy atom. The van der Waals surface area contributed by atoms with Crippen LogP contribution >= 0.6 is 23.8 Å². The molecule has 0 heterocycles. The molecule has 0 aromatic heterocycles. The van der Waals surface area contributed by atoms with Gasteiger partial charge in [0.15, 0.2) is 5.11 Å². The molecule has 8 heteroatoms. The molecule has 2 aromatic rings. The summed E-state index contributed by atoms with van der Waals surface area (Å²) in [5.74, 6) is 0.0516. The minimum absolute atomic E-state index is 0.0647. The van der Waals surface area contributed by atoms with E-state index >= 15 is 0 Å². The van der Waals surface area contributed by atoms with Crippen LogP contribution in [0.5, 0.6) is 5.75 Å². The molecule has 0 aliphatic rings. The van der Waals surface area contributed by atoms with Gasteiger partial charge in [-0.05, 0) is 49.0 Å². The lowest BCUT2D eigenvalue weighted by atomic mass is 10.2. The van der Waals surface area contributed by atoms with Crippen molar-refractivity contribution in [2.75, 3.05) is 17.7 Å². The third-order valence-electron chi connectivity index (χ3n) is 3.80. The number of benzene rings is 2. The van der Waals surface area contributed by atoms with Crippen LogP contribution in [0.3, 0.4) is 0 Å². The van der Waals surface area contributed by atoms with E-state index in [0.29, 0.717) is 34.1 Å². The molecule has 0 unspecified atom stereocenters. The number of carbonyl (C=O) groups excluding carboxylic acids is 2. The molecule has 2 rings (SSSR count). The molecule has 3 N–H and O–H groups in total. The van der Waals surface area contributed by atoms with Gasteiger partial charge in [0.25, 0.3) is 5.91 Å². The van der Waals surface area contributed by atoms with Gasteiger partial charge in [-0.3, -0.25) is 14.9 Å². The predicted octanol–water partition coefficient (Wildman–Crippen LogP) is 4.60. The summed E-state index contributed by atoms with van der Waals surface area (Å²) in [5.41, 5.74) is 1.59. The number of halogens is 1. The fourth-order valence-electron chi connectivity index (χ4n) is 2.39. The van der Waals surface area contributed by atoms with E-state index in [0.717, 1.165) is 12.8 Å². The molecule has 0 atom stereocenters. The standard InChI is InChI=1S/C20H22ClN3O3S/c1-3-4-8-18(25)23-16-10-9-15(12-17(16)27-2)22-20(28)24-19(26)13-6-5-7-14(21)11-13/h5-7,9-12H,3-4,8H2,1-2H3,(H,23,25)(H2,22,24,26,28). The lowest BCUT2D eigenvalue weighted by Crippen LogP contribution is -2.34. The van der Waals surface area contributed by atoms with Crippen molar-refractivity contribution in [3.8, 4) is 5.75 Å². The van der Waals surface area contributed by atoms with Gasteiger partial charge >= 0.3 is 0 Å². The van der Waals surface area contributed by atoms with Gasteiger partial charge in [0.2, 0.25) is 5.91 Å². The van der Waals surface area contributed by atoms with Gasteiger partial charge < -0.3 is 15.4 Å². The second-order valence-electron chi connectivity index (χ2n) is 5.99. The van der Waals surface area contributed by atoms with E-state index < -0.39 is 0 Å². The van der Waals surface area contributed by atoms with Gasteiger partial charge in [0, 0.05) is 28.8 Å². The first-order chi connectivity index (χ1) is 13.4. The Morgan fingerprint density at radius 1 is 1.14 bits per heavy atom. The summed E-state index contributed by atoms with van der Waals surface area (Å²) in [6.45, 7) is 2.03. The normalized spacial score (nSPS) is 10.1. The second kappa shape index (κ2) is 10.6. The van der Waals surface area contributed by atoms with Crippen molar-refractivity contribution in [3.63, 3.8) is 0 Å². The highest BCUT2D eigenvalue weighted by molar-refractivity contribution is 7.80. The molecule has 28 heavy (non-hydrogen) atoms. The first kappa shape index (κ1) is 21.7. The van der Waals surface area contributed by atoms with E-state index in [-0.39, 0.29) is 16.9 Å². The van der Waals surface area contributed by atoms with Crippen molar-refractivity contribution >= 4 is 52.1 Å². The number of nitrogens with one attached hydrogen (secondary N) is 3. The minimum Gasteiger partial charge on any atom is -0.494 e. The molecule has 0 saturated carbocycles. The smallest absolute Gasteiger partial charge is 0.257 e. The van der Waals surface area contributed by atoms with E-state index in [1.54, 1.807) is 42.5 Å². The molecule has 0 radical (unpaired) electrons. The molecule has 0 aliphatic heterocycles. The minimum atomic E-state index is -0.369. The number of anilines is 2. The van der Waals surface area contributed by atoms with Crippen LogP contribution in [0.15, 0.2) is 42.5 Å². The van der Waals surface area contributed by atoms with Crippen molar-refractivity contribution in [2.24, 2.45) is 0 Å². The highest BCUT2D eigenvalue weighted by Crippen LogP contribution is 2.28. The Balaban J connectivity index is 2.00. The maximum absolute atomic E-state index is 12.2. The second-order valence-corrected chi connectivity index (χ2v) is 6.83. The zero-order valence-corrected chi connectivity index (χ0v) is 17.2. The predicted molar refractivity (Wildman–Crippen MR) is 116 cm³/mol. The lowest BCUT2D eigenvalue weighted by molar-refractivity contribution is -0.116. The van der Waals surface area contributed by atoms with Crippen LogP contribution in [0.1, 0.15) is 36.5 Å². The summed E-state index contributed by atoms with van der Waals surface area (Å²) < 4.78 is 5.34. The van der Waals surface area contributed by atoms with E-state index in [9.17, 15) is 9.59 Å². The van der Waals surface area contributed by atoms with E-state index in [2.05, 4.69) is 16.0 Å². The van der Waals surface area contributed by atoms with Crippen LogP contribution in [0, 0.1) is 0 Å². The van der Waals surface area contributed by atoms with Crippen LogP contribution in [0.4, 0.5) is 11.4 Å². The number of carbonyl (C=O) groups is 2. The molecule has 148 valence electrons. The average Bonchev–Trinajstić information content (AvgIpc) is 2.67. The van der Waals surface area contributed by atoms with Crippen molar-refractivity contribution < 1.29 is 14.3 Å². The number of hydrogen-bond donors (Lipinski definition) is 3. The Hall–Kier alpha value is -2.64. The average molecular weight is 420 g/mol. The highest BCUT2D eigenvalue weighted by atomic mass is 35.5. The Bertz CT molecular complexity index is 874. The summed E-state index contributed by atoms with van der Waals surface area (Å²) >= 11 is 11.1. The third-order valence-corrected chi connectivity index (χ3v) is 4.24. The fraction of sp³-hybridized carbons (Fsp3) is 0.250. The maximum Gasteiger partial charge on any atom is 0.257 e. The monoisotopic (exact) mass is 419 g/mol. The Labute approximate surface area is 174 Å². The number of unbranched alkanes of at least 4 members (excludes halogenated alkanes) is 1. The first-order valence-corrected chi connectivity index (χ1v) is 9.57. The number of thiocarbonyl (C=S) groups is 1. The number of ether oxygens (including phenoxy) is 1. The Morgan fingerprint density at radius 2 is 1.93 bits per heavy atom. The third kappa shape index (κ3) is 6.51. The van der Waals surface area contributed by atoms with Crippen LogP contribution < -0.4 is 20.7 Å². The summed E-state index contributed by atoms with van der Waals surface area (Å²) in [7, 11) is 1.51. The summed E-state index contributed by atoms with van der Waals surface area (Å²) in [6.07, 6.45) is 2.24. The number of rotatable bonds is 7. The molecule has 0 spiro atoms. The largest absolute Gasteiger partial charge is 0.494 e. The number of amides is 2. The van der Waals surface area contributed by atoms with E-state index in [1.807, 2.05) is 6.92 Å². The molecule has 0 bridgehead atoms. The van der Waals surface area contributed by atoms with E-state index in [4.69, 9.17) is 28.6 Å². The molecule has 0 aliphatic carbocycles. The summed E-state index contributed by atoms with van der Waals surface area (Å²) in [6, 6.07) is 11.7. The number of hydrogen-bond acceptors (Lipinski definition) is 4. The van der Waals surface area contributed by atoms with Crippen molar-refractivity contribution in [1.82, 2.24) is 5.32 Å². The van der Waals surface area contributed by atoms with Crippen LogP contribution in [0.25, 0.3) is 0 Å². The molecule has 0 saturated heterocycles. The zero-order chi connectivity index (χ0) is 20.5. The molecule has 0 fully saturated rings. The van der Waals surface area contributed by atoms with Gasteiger partial charge in [-0.25, -0.2) is 0 Å². The SMILES string of the molecule is CCCCC(=O)Nc1ccc(NC(=S)NC(=O)c2cccc(Cl)c2)cc1OC. The van der Waals surface area contributed by atoms with Crippen LogP contribution in [-0.2, 0) is 4.79 Å². The van der Waals surface area contributed by atoms with Crippen LogP contribution in [-0.4, -0.2) is 24.0 Å². The lowest BCUT2D eigenvalue weighted by Gasteiger charge is -2.14. The quantitative estimate of drug-likeness (QED) is 0.571. The van der Waals surface area contributed by atoms with Crippen molar-refractivity contribution in [1.29, 1.82) is 0 Å². The van der Waals surface area contributed by atoms with Crippen molar-refractivity contribution in [3.05, 3.63) is 53.1 Å². The fourth-order valence-corrected chi connectivity index (χ4v) is 2.79. The highest BCUT2D eigenvalue weighted by Gasteiger charge is 2.11.